The van der Waals surface area contributed by atoms with Crippen molar-refractivity contribution < 1.29 is 14.0 Å². The number of halogens is 2. The highest BCUT2D eigenvalue weighted by atomic mass is 79.9. The summed E-state index contributed by atoms with van der Waals surface area (Å²) < 4.78 is 18.2. The predicted octanol–water partition coefficient (Wildman–Crippen LogP) is 5.39. The molecule has 2 aliphatic heterocycles. The van der Waals surface area contributed by atoms with E-state index in [1.54, 1.807) is 11.8 Å². The van der Waals surface area contributed by atoms with Crippen LogP contribution in [0.25, 0.3) is 10.6 Å². The van der Waals surface area contributed by atoms with Crippen LogP contribution in [0.15, 0.2) is 53.1 Å². The molecule has 2 aromatic carbocycles. The summed E-state index contributed by atoms with van der Waals surface area (Å²) in [5.41, 5.74) is 3.02. The van der Waals surface area contributed by atoms with Gasteiger partial charge in [0, 0.05) is 22.3 Å². The van der Waals surface area contributed by atoms with E-state index < -0.39 is 11.7 Å². The molecular weight excluding hydrogens is 583 g/mol. The second kappa shape index (κ2) is 9.63. The van der Waals surface area contributed by atoms with Crippen LogP contribution in [0.3, 0.4) is 0 Å². The maximum atomic E-state index is 15.8. The molecular formula is C28H26BrFN6O2S. The summed E-state index contributed by atoms with van der Waals surface area (Å²) in [6.07, 6.45) is 2.06. The summed E-state index contributed by atoms with van der Waals surface area (Å²) in [7, 11) is 0. The average Bonchev–Trinajstić information content (AvgIpc) is 3.61. The van der Waals surface area contributed by atoms with E-state index in [1.807, 2.05) is 50.2 Å². The number of aryl methyl sites for hydroxylation is 3. The number of likely N-dealkylation sites (tertiary alicyclic amines) is 1. The number of anilines is 1. The minimum Gasteiger partial charge on any atom is -0.330 e. The zero-order valence-electron chi connectivity index (χ0n) is 21.7. The molecule has 1 atom stereocenters. The monoisotopic (exact) mass is 608 g/mol. The number of thiazole rings is 1. The van der Waals surface area contributed by atoms with Crippen molar-refractivity contribution in [1.29, 1.82) is 0 Å². The molecule has 1 unspecified atom stereocenters. The van der Waals surface area contributed by atoms with Gasteiger partial charge in [-0.2, -0.15) is 0 Å². The highest BCUT2D eigenvalue weighted by molar-refractivity contribution is 9.10. The Morgan fingerprint density at radius 2 is 1.87 bits per heavy atom. The van der Waals surface area contributed by atoms with Crippen LogP contribution in [0.1, 0.15) is 44.6 Å². The van der Waals surface area contributed by atoms with Gasteiger partial charge in [0.25, 0.3) is 11.8 Å². The van der Waals surface area contributed by atoms with Crippen molar-refractivity contribution in [2.24, 2.45) is 0 Å². The van der Waals surface area contributed by atoms with Crippen LogP contribution >= 0.6 is 27.3 Å². The summed E-state index contributed by atoms with van der Waals surface area (Å²) in [5, 5.41) is 8.93. The average molecular weight is 610 g/mol. The number of rotatable bonds is 5. The third-order valence-corrected chi connectivity index (χ3v) is 9.08. The Labute approximate surface area is 237 Å². The second-order valence-electron chi connectivity index (χ2n) is 10.2. The van der Waals surface area contributed by atoms with Crippen molar-refractivity contribution in [1.82, 2.24) is 24.9 Å². The third kappa shape index (κ3) is 4.57. The summed E-state index contributed by atoms with van der Waals surface area (Å²) in [5.74, 6) is -0.342. The van der Waals surface area contributed by atoms with Gasteiger partial charge >= 0.3 is 0 Å². The molecule has 0 N–H and O–H groups in total. The standard InChI is InChI=1S/C28H26BrFN6O2S/c1-16-4-9-21(17(2)12-16)25-31-18(3)24(39-25)27(38)34-14-28(30,15-34)23-13-36(33-32-23)22-10-11-35(26(22)37)20-7-5-19(29)6-8-20/h4-9,12-13,22H,10-11,14-15H2,1-3H3. The molecule has 0 aliphatic carbocycles. The number of aromatic nitrogens is 4. The van der Waals surface area contributed by atoms with Gasteiger partial charge in [-0.3, -0.25) is 9.59 Å². The number of amides is 2. The molecule has 2 saturated heterocycles. The van der Waals surface area contributed by atoms with E-state index in [9.17, 15) is 9.59 Å². The molecule has 200 valence electrons. The molecule has 6 rings (SSSR count). The minimum atomic E-state index is -1.81. The van der Waals surface area contributed by atoms with Gasteiger partial charge in [0.05, 0.1) is 25.0 Å². The molecule has 2 fully saturated rings. The number of hydrogen-bond acceptors (Lipinski definition) is 6. The molecule has 0 radical (unpaired) electrons. The summed E-state index contributed by atoms with van der Waals surface area (Å²) in [6, 6.07) is 13.1. The minimum absolute atomic E-state index is 0.104. The van der Waals surface area contributed by atoms with Crippen LogP contribution in [0.2, 0.25) is 0 Å². The largest absolute Gasteiger partial charge is 0.330 e. The molecule has 0 saturated carbocycles. The highest BCUT2D eigenvalue weighted by Crippen LogP contribution is 2.39. The van der Waals surface area contributed by atoms with E-state index in [-0.39, 0.29) is 30.6 Å². The zero-order valence-corrected chi connectivity index (χ0v) is 24.1. The lowest BCUT2D eigenvalue weighted by Crippen LogP contribution is -2.59. The van der Waals surface area contributed by atoms with Gasteiger partial charge in [-0.15, -0.1) is 16.4 Å². The topological polar surface area (TPSA) is 84.2 Å². The Kier molecular flexibility index (Phi) is 6.38. The van der Waals surface area contributed by atoms with Gasteiger partial charge in [-0.1, -0.05) is 44.9 Å². The molecule has 39 heavy (non-hydrogen) atoms. The maximum absolute atomic E-state index is 15.8. The summed E-state index contributed by atoms with van der Waals surface area (Å²) in [6.45, 7) is 6.17. The molecule has 8 nitrogen and oxygen atoms in total. The van der Waals surface area contributed by atoms with Crippen molar-refractivity contribution in [3.63, 3.8) is 0 Å². The first-order chi connectivity index (χ1) is 18.6. The van der Waals surface area contributed by atoms with Crippen molar-refractivity contribution in [2.45, 2.75) is 38.9 Å². The van der Waals surface area contributed by atoms with E-state index in [4.69, 9.17) is 0 Å². The lowest BCUT2D eigenvalue weighted by atomic mass is 9.92. The van der Waals surface area contributed by atoms with Crippen molar-refractivity contribution in [2.75, 3.05) is 24.5 Å². The van der Waals surface area contributed by atoms with Gasteiger partial charge < -0.3 is 9.80 Å². The number of nitrogens with zero attached hydrogens (tertiary/aromatic N) is 6. The SMILES string of the molecule is Cc1ccc(-c2nc(C)c(C(=O)N3CC(F)(c4cn(C5CCN(c6ccc(Br)cc6)C5=O)nn4)C3)s2)c(C)c1. The lowest BCUT2D eigenvalue weighted by molar-refractivity contribution is -0.120. The fraction of sp³-hybridized carbons (Fsp3) is 0.321. The first-order valence-corrected chi connectivity index (χ1v) is 14.3. The Hall–Kier alpha value is -3.44. The molecule has 4 aromatic rings. The third-order valence-electron chi connectivity index (χ3n) is 7.38. The lowest BCUT2D eigenvalue weighted by Gasteiger charge is -2.42. The van der Waals surface area contributed by atoms with Crippen molar-refractivity contribution in [3.05, 3.63) is 80.5 Å². The van der Waals surface area contributed by atoms with Crippen molar-refractivity contribution >= 4 is 44.8 Å². The smallest absolute Gasteiger partial charge is 0.266 e. The normalized spacial score (nSPS) is 18.5. The van der Waals surface area contributed by atoms with Crippen LogP contribution in [0, 0.1) is 20.8 Å². The van der Waals surface area contributed by atoms with E-state index in [0.717, 1.165) is 31.9 Å². The number of hydrogen-bond donors (Lipinski definition) is 0. The molecule has 11 heteroatoms. The molecule has 2 aliphatic rings. The number of alkyl halides is 1. The number of carbonyl (C=O) groups excluding carboxylic acids is 2. The Balaban J connectivity index is 1.13. The van der Waals surface area contributed by atoms with E-state index in [0.29, 0.717) is 23.5 Å². The molecule has 4 heterocycles. The quantitative estimate of drug-likeness (QED) is 0.303. The van der Waals surface area contributed by atoms with Gasteiger partial charge in [0.1, 0.15) is 21.6 Å². The first-order valence-electron chi connectivity index (χ1n) is 12.7. The van der Waals surface area contributed by atoms with Crippen LogP contribution in [0.4, 0.5) is 10.1 Å². The molecule has 2 amide bonds. The van der Waals surface area contributed by atoms with Gasteiger partial charge in [-0.25, -0.2) is 14.1 Å². The van der Waals surface area contributed by atoms with Gasteiger partial charge in [0.15, 0.2) is 5.67 Å². The van der Waals surface area contributed by atoms with Crippen LogP contribution in [-0.4, -0.2) is 56.3 Å². The van der Waals surface area contributed by atoms with E-state index in [1.165, 1.54) is 27.1 Å². The fourth-order valence-corrected chi connectivity index (χ4v) is 6.58. The first kappa shape index (κ1) is 25.8. The summed E-state index contributed by atoms with van der Waals surface area (Å²) in [4.78, 5) is 34.6. The Morgan fingerprint density at radius 3 is 2.59 bits per heavy atom. The number of benzene rings is 2. The van der Waals surface area contributed by atoms with Crippen LogP contribution < -0.4 is 4.90 Å². The highest BCUT2D eigenvalue weighted by Gasteiger charge is 2.50. The maximum Gasteiger partial charge on any atom is 0.266 e. The Bertz CT molecular complexity index is 1590. The van der Waals surface area contributed by atoms with E-state index in [2.05, 4.69) is 37.3 Å². The fourth-order valence-electron chi connectivity index (χ4n) is 5.19. The Morgan fingerprint density at radius 1 is 1.13 bits per heavy atom. The zero-order chi connectivity index (χ0) is 27.5. The van der Waals surface area contributed by atoms with Crippen LogP contribution in [0.5, 0.6) is 0 Å². The van der Waals surface area contributed by atoms with E-state index >= 15 is 4.39 Å². The second-order valence-corrected chi connectivity index (χ2v) is 12.1. The summed E-state index contributed by atoms with van der Waals surface area (Å²) >= 11 is 4.74. The van der Waals surface area contributed by atoms with Gasteiger partial charge in [0.2, 0.25) is 0 Å². The van der Waals surface area contributed by atoms with Crippen LogP contribution in [-0.2, 0) is 10.5 Å². The predicted molar refractivity (Wildman–Crippen MR) is 151 cm³/mol. The number of carbonyl (C=O) groups is 2. The van der Waals surface area contributed by atoms with Crippen molar-refractivity contribution in [3.8, 4) is 10.6 Å². The molecule has 0 spiro atoms. The van der Waals surface area contributed by atoms with Gasteiger partial charge in [-0.05, 0) is 57.0 Å². The molecule has 2 aromatic heterocycles. The molecule has 0 bridgehead atoms.